The van der Waals surface area contributed by atoms with Gasteiger partial charge in [-0.3, -0.25) is 0 Å². The molecule has 0 aliphatic rings. The fourth-order valence-corrected chi connectivity index (χ4v) is 2.03. The molecule has 2 N–H and O–H groups in total. The van der Waals surface area contributed by atoms with Crippen molar-refractivity contribution in [1.29, 1.82) is 0 Å². The van der Waals surface area contributed by atoms with Gasteiger partial charge in [-0.2, -0.15) is 0 Å². The maximum Gasteiger partial charge on any atom is 0.0894 e. The number of likely N-dealkylation sites (N-methyl/N-ethyl adjacent to an activating group) is 1. The molecular formula is C7H11BrN2S. The fourth-order valence-electron chi connectivity index (χ4n) is 0.720. The molecule has 0 spiro atoms. The first kappa shape index (κ1) is 9.03. The Morgan fingerprint density at radius 3 is 2.82 bits per heavy atom. The number of anilines is 1. The third-order valence-electron chi connectivity index (χ3n) is 1.25. The lowest BCUT2D eigenvalue weighted by Crippen LogP contribution is -2.17. The van der Waals surface area contributed by atoms with E-state index in [1.54, 1.807) is 11.3 Å². The highest BCUT2D eigenvalue weighted by Gasteiger charge is 1.94. The summed E-state index contributed by atoms with van der Waals surface area (Å²) < 4.78 is 1.17. The molecule has 0 atom stereocenters. The van der Waals surface area contributed by atoms with Crippen LogP contribution < -0.4 is 10.6 Å². The minimum atomic E-state index is 0.976. The zero-order chi connectivity index (χ0) is 8.10. The zero-order valence-electron chi connectivity index (χ0n) is 6.36. The number of nitrogens with one attached hydrogen (secondary N) is 2. The van der Waals surface area contributed by atoms with Crippen LogP contribution in [0.15, 0.2) is 15.9 Å². The van der Waals surface area contributed by atoms with Crippen molar-refractivity contribution >= 4 is 32.3 Å². The minimum Gasteiger partial charge on any atom is -0.376 e. The summed E-state index contributed by atoms with van der Waals surface area (Å²) in [6.45, 7) is 1.97. The topological polar surface area (TPSA) is 24.1 Å². The summed E-state index contributed by atoms with van der Waals surface area (Å²) in [6, 6.07) is 4.12. The van der Waals surface area contributed by atoms with Crippen LogP contribution in [-0.4, -0.2) is 20.1 Å². The molecule has 1 aromatic rings. The second kappa shape index (κ2) is 4.74. The highest BCUT2D eigenvalue weighted by Crippen LogP contribution is 2.25. The Balaban J connectivity index is 2.27. The Hall–Kier alpha value is -0.0600. The van der Waals surface area contributed by atoms with E-state index >= 15 is 0 Å². The Morgan fingerprint density at radius 2 is 2.27 bits per heavy atom. The smallest absolute Gasteiger partial charge is 0.0894 e. The predicted octanol–water partition coefficient (Wildman–Crippen LogP) is 2.14. The average molecular weight is 235 g/mol. The number of hydrogen-bond acceptors (Lipinski definition) is 3. The van der Waals surface area contributed by atoms with Gasteiger partial charge in [0.05, 0.1) is 8.79 Å². The van der Waals surface area contributed by atoms with Crippen molar-refractivity contribution in [2.24, 2.45) is 0 Å². The fraction of sp³-hybridized carbons (Fsp3) is 0.429. The summed E-state index contributed by atoms with van der Waals surface area (Å²) >= 11 is 5.12. The molecule has 0 fully saturated rings. The standard InChI is InChI=1S/C7H11BrN2S/c1-9-4-5-10-7-3-2-6(8)11-7/h2-3,9-10H,4-5H2,1H3. The van der Waals surface area contributed by atoms with E-state index in [-0.39, 0.29) is 0 Å². The molecule has 0 unspecified atom stereocenters. The first-order valence-electron chi connectivity index (χ1n) is 3.47. The van der Waals surface area contributed by atoms with E-state index in [1.807, 2.05) is 13.1 Å². The first-order valence-corrected chi connectivity index (χ1v) is 5.07. The SMILES string of the molecule is CNCCNc1ccc(Br)s1. The highest BCUT2D eigenvalue weighted by atomic mass is 79.9. The van der Waals surface area contributed by atoms with E-state index in [4.69, 9.17) is 0 Å². The summed E-state index contributed by atoms with van der Waals surface area (Å²) in [7, 11) is 1.95. The molecule has 0 aliphatic carbocycles. The van der Waals surface area contributed by atoms with Crippen molar-refractivity contribution in [1.82, 2.24) is 5.32 Å². The molecule has 1 aromatic heterocycles. The van der Waals surface area contributed by atoms with Gasteiger partial charge in [0.15, 0.2) is 0 Å². The predicted molar refractivity (Wildman–Crippen MR) is 54.4 cm³/mol. The van der Waals surface area contributed by atoms with Gasteiger partial charge >= 0.3 is 0 Å². The van der Waals surface area contributed by atoms with Crippen molar-refractivity contribution < 1.29 is 0 Å². The number of hydrogen-bond donors (Lipinski definition) is 2. The largest absolute Gasteiger partial charge is 0.376 e. The van der Waals surface area contributed by atoms with Gasteiger partial charge in [-0.05, 0) is 35.1 Å². The molecular weight excluding hydrogens is 224 g/mol. The summed E-state index contributed by atoms with van der Waals surface area (Å²) in [5.41, 5.74) is 0. The second-order valence-corrected chi connectivity index (χ2v) is 4.60. The molecule has 1 rings (SSSR count). The van der Waals surface area contributed by atoms with Gasteiger partial charge in [-0.25, -0.2) is 0 Å². The molecule has 0 aromatic carbocycles. The van der Waals surface area contributed by atoms with E-state index in [2.05, 4.69) is 32.6 Å². The van der Waals surface area contributed by atoms with Crippen LogP contribution in [0, 0.1) is 0 Å². The number of halogens is 1. The van der Waals surface area contributed by atoms with E-state index in [0.717, 1.165) is 13.1 Å². The first-order chi connectivity index (χ1) is 5.33. The number of rotatable bonds is 4. The molecule has 2 nitrogen and oxygen atoms in total. The molecule has 0 bridgehead atoms. The van der Waals surface area contributed by atoms with Gasteiger partial charge in [-0.1, -0.05) is 0 Å². The van der Waals surface area contributed by atoms with Crippen molar-refractivity contribution in [3.8, 4) is 0 Å². The van der Waals surface area contributed by atoms with Gasteiger partial charge in [0.2, 0.25) is 0 Å². The summed E-state index contributed by atoms with van der Waals surface area (Å²) in [5.74, 6) is 0. The van der Waals surface area contributed by atoms with Crippen LogP contribution in [-0.2, 0) is 0 Å². The quantitative estimate of drug-likeness (QED) is 0.781. The van der Waals surface area contributed by atoms with Crippen LogP contribution >= 0.6 is 27.3 Å². The normalized spacial score (nSPS) is 10.0. The number of thiophene rings is 1. The summed E-state index contributed by atoms with van der Waals surface area (Å²) in [6.07, 6.45) is 0. The molecule has 0 aliphatic heterocycles. The van der Waals surface area contributed by atoms with Gasteiger partial charge in [0.25, 0.3) is 0 Å². The van der Waals surface area contributed by atoms with Crippen molar-refractivity contribution in [2.45, 2.75) is 0 Å². The maximum atomic E-state index is 3.40. The molecule has 1 heterocycles. The molecule has 0 amide bonds. The van der Waals surface area contributed by atoms with Crippen LogP contribution in [0.4, 0.5) is 5.00 Å². The monoisotopic (exact) mass is 234 g/mol. The van der Waals surface area contributed by atoms with Gasteiger partial charge in [0, 0.05) is 13.1 Å². The highest BCUT2D eigenvalue weighted by molar-refractivity contribution is 9.11. The molecule has 11 heavy (non-hydrogen) atoms. The zero-order valence-corrected chi connectivity index (χ0v) is 8.76. The molecule has 4 heteroatoms. The Morgan fingerprint density at radius 1 is 1.45 bits per heavy atom. The molecule has 0 saturated heterocycles. The van der Waals surface area contributed by atoms with Crippen LogP contribution in [0.5, 0.6) is 0 Å². The summed E-state index contributed by atoms with van der Waals surface area (Å²) in [4.78, 5) is 0. The third-order valence-corrected chi connectivity index (χ3v) is 2.83. The van der Waals surface area contributed by atoms with Gasteiger partial charge in [0.1, 0.15) is 0 Å². The van der Waals surface area contributed by atoms with Crippen LogP contribution in [0.1, 0.15) is 0 Å². The third kappa shape index (κ3) is 3.22. The summed E-state index contributed by atoms with van der Waals surface area (Å²) in [5, 5.41) is 7.58. The Bertz CT molecular complexity index is 212. The van der Waals surface area contributed by atoms with E-state index in [0.29, 0.717) is 0 Å². The molecule has 62 valence electrons. The lowest BCUT2D eigenvalue weighted by Gasteiger charge is -2.00. The lowest BCUT2D eigenvalue weighted by atomic mass is 10.6. The molecule has 0 saturated carbocycles. The Kier molecular flexibility index (Phi) is 3.90. The average Bonchev–Trinajstić information content (AvgIpc) is 2.37. The van der Waals surface area contributed by atoms with Crippen molar-refractivity contribution in [3.63, 3.8) is 0 Å². The van der Waals surface area contributed by atoms with Crippen molar-refractivity contribution in [3.05, 3.63) is 15.9 Å². The Labute approximate surface area is 79.1 Å². The van der Waals surface area contributed by atoms with E-state index < -0.39 is 0 Å². The molecule has 0 radical (unpaired) electrons. The maximum absolute atomic E-state index is 3.40. The van der Waals surface area contributed by atoms with E-state index in [1.165, 1.54) is 8.79 Å². The minimum absolute atomic E-state index is 0.976. The van der Waals surface area contributed by atoms with Crippen LogP contribution in [0.25, 0.3) is 0 Å². The lowest BCUT2D eigenvalue weighted by molar-refractivity contribution is 0.825. The van der Waals surface area contributed by atoms with Crippen LogP contribution in [0.3, 0.4) is 0 Å². The van der Waals surface area contributed by atoms with E-state index in [9.17, 15) is 0 Å². The van der Waals surface area contributed by atoms with Crippen molar-refractivity contribution in [2.75, 3.05) is 25.5 Å². The second-order valence-electron chi connectivity index (χ2n) is 2.13. The van der Waals surface area contributed by atoms with Gasteiger partial charge in [-0.15, -0.1) is 11.3 Å². The van der Waals surface area contributed by atoms with Gasteiger partial charge < -0.3 is 10.6 Å². The van der Waals surface area contributed by atoms with Crippen LogP contribution in [0.2, 0.25) is 0 Å².